The molecule has 0 saturated heterocycles. The van der Waals surface area contributed by atoms with Crippen LogP contribution in [0.1, 0.15) is 0 Å². The molecule has 0 aliphatic heterocycles. The number of para-hydroxylation sites is 1. The summed E-state index contributed by atoms with van der Waals surface area (Å²) in [5.41, 5.74) is 1.08. The largest absolute Gasteiger partial charge is 0.358 e. The summed E-state index contributed by atoms with van der Waals surface area (Å²) in [5.74, 6) is 0.830. The Bertz CT molecular complexity index is 436. The van der Waals surface area contributed by atoms with Crippen molar-refractivity contribution in [2.45, 2.75) is 0 Å². The third kappa shape index (κ3) is 1.53. The maximum atomic E-state index is 4.18. The molecule has 4 heteroatoms. The molecule has 2 rings (SSSR count). The molecule has 72 valence electrons. The molecule has 3 nitrogen and oxygen atoms in total. The average Bonchev–Trinajstić information content (AvgIpc) is 2.66. The zero-order valence-corrected chi connectivity index (χ0v) is 9.32. The fourth-order valence-electron chi connectivity index (χ4n) is 1.33. The Balaban J connectivity index is 2.54. The van der Waals surface area contributed by atoms with E-state index in [0.29, 0.717) is 0 Å². The predicted molar refractivity (Wildman–Crippen MR) is 60.8 cm³/mol. The molecule has 0 aliphatic rings. The Hall–Kier alpha value is -1.29. The molecular weight excluding hydrogens is 242 g/mol. The van der Waals surface area contributed by atoms with Gasteiger partial charge in [0.25, 0.3) is 0 Å². The standard InChI is InChI=1S/C10H10BrN3/c1-12-10-13-6-7-14(10)9-5-3-2-4-8(9)11/h2-7H,1H3,(H,12,13). The van der Waals surface area contributed by atoms with Gasteiger partial charge < -0.3 is 5.32 Å². The highest BCUT2D eigenvalue weighted by molar-refractivity contribution is 9.10. The number of nitrogens with zero attached hydrogens (tertiary/aromatic N) is 2. The van der Waals surface area contributed by atoms with Crippen molar-refractivity contribution in [1.29, 1.82) is 0 Å². The zero-order chi connectivity index (χ0) is 9.97. The number of anilines is 1. The second-order valence-corrected chi connectivity index (χ2v) is 3.68. The van der Waals surface area contributed by atoms with Crippen molar-refractivity contribution < 1.29 is 0 Å². The number of imidazole rings is 1. The van der Waals surface area contributed by atoms with E-state index >= 15 is 0 Å². The van der Waals surface area contributed by atoms with Crippen LogP contribution in [0.15, 0.2) is 41.1 Å². The molecule has 0 bridgehead atoms. The van der Waals surface area contributed by atoms with E-state index in [2.05, 4.69) is 26.2 Å². The van der Waals surface area contributed by atoms with E-state index < -0.39 is 0 Å². The van der Waals surface area contributed by atoms with Crippen molar-refractivity contribution in [3.8, 4) is 5.69 Å². The number of hydrogen-bond donors (Lipinski definition) is 1. The van der Waals surface area contributed by atoms with E-state index in [9.17, 15) is 0 Å². The van der Waals surface area contributed by atoms with Crippen LogP contribution in [0.2, 0.25) is 0 Å². The lowest BCUT2D eigenvalue weighted by molar-refractivity contribution is 1.05. The van der Waals surface area contributed by atoms with Gasteiger partial charge in [-0.2, -0.15) is 0 Å². The van der Waals surface area contributed by atoms with Gasteiger partial charge in [-0.05, 0) is 28.1 Å². The molecule has 0 unspecified atom stereocenters. The summed E-state index contributed by atoms with van der Waals surface area (Å²) in [6, 6.07) is 8.03. The summed E-state index contributed by atoms with van der Waals surface area (Å²) in [7, 11) is 1.86. The molecule has 14 heavy (non-hydrogen) atoms. The first-order valence-electron chi connectivity index (χ1n) is 4.29. The molecule has 0 radical (unpaired) electrons. The Morgan fingerprint density at radius 2 is 2.14 bits per heavy atom. The highest BCUT2D eigenvalue weighted by Gasteiger charge is 2.04. The fourth-order valence-corrected chi connectivity index (χ4v) is 1.81. The summed E-state index contributed by atoms with van der Waals surface area (Å²) in [6.45, 7) is 0. The van der Waals surface area contributed by atoms with Crippen LogP contribution in [0.4, 0.5) is 5.95 Å². The van der Waals surface area contributed by atoms with Crippen LogP contribution in [0.3, 0.4) is 0 Å². The molecule has 1 aromatic carbocycles. The first kappa shape index (κ1) is 9.27. The third-order valence-electron chi connectivity index (χ3n) is 1.98. The van der Waals surface area contributed by atoms with Crippen molar-refractivity contribution in [2.24, 2.45) is 0 Å². The van der Waals surface area contributed by atoms with Crippen LogP contribution in [-0.2, 0) is 0 Å². The van der Waals surface area contributed by atoms with Crippen LogP contribution in [0.25, 0.3) is 5.69 Å². The minimum absolute atomic E-state index is 0.830. The van der Waals surface area contributed by atoms with Crippen LogP contribution < -0.4 is 5.32 Å². The maximum absolute atomic E-state index is 4.18. The molecule has 0 amide bonds. The second kappa shape index (κ2) is 3.84. The van der Waals surface area contributed by atoms with Gasteiger partial charge in [0.2, 0.25) is 5.95 Å². The quantitative estimate of drug-likeness (QED) is 0.890. The normalized spacial score (nSPS) is 10.1. The van der Waals surface area contributed by atoms with Gasteiger partial charge in [-0.1, -0.05) is 12.1 Å². The molecule has 0 aliphatic carbocycles. The molecular formula is C10H10BrN3. The SMILES string of the molecule is CNc1nccn1-c1ccccc1Br. The number of hydrogen-bond acceptors (Lipinski definition) is 2. The topological polar surface area (TPSA) is 29.9 Å². The molecule has 0 spiro atoms. The van der Waals surface area contributed by atoms with E-state index in [0.717, 1.165) is 16.1 Å². The van der Waals surface area contributed by atoms with E-state index in [1.807, 2.05) is 42.1 Å². The lowest BCUT2D eigenvalue weighted by Crippen LogP contribution is -2.00. The highest BCUT2D eigenvalue weighted by Crippen LogP contribution is 2.22. The van der Waals surface area contributed by atoms with Gasteiger partial charge in [-0.15, -0.1) is 0 Å². The van der Waals surface area contributed by atoms with E-state index in [1.165, 1.54) is 0 Å². The van der Waals surface area contributed by atoms with Crippen molar-refractivity contribution in [3.63, 3.8) is 0 Å². The number of aromatic nitrogens is 2. The smallest absolute Gasteiger partial charge is 0.207 e. The molecule has 0 saturated carbocycles. The van der Waals surface area contributed by atoms with Gasteiger partial charge >= 0.3 is 0 Å². The van der Waals surface area contributed by atoms with Gasteiger partial charge in [0, 0.05) is 23.9 Å². The molecule has 1 N–H and O–H groups in total. The third-order valence-corrected chi connectivity index (χ3v) is 2.65. The fraction of sp³-hybridized carbons (Fsp3) is 0.100. The second-order valence-electron chi connectivity index (χ2n) is 2.82. The lowest BCUT2D eigenvalue weighted by Gasteiger charge is -2.08. The Kier molecular flexibility index (Phi) is 2.54. The van der Waals surface area contributed by atoms with E-state index in [-0.39, 0.29) is 0 Å². The number of benzene rings is 1. The Morgan fingerprint density at radius 3 is 2.86 bits per heavy atom. The lowest BCUT2D eigenvalue weighted by atomic mass is 10.3. The summed E-state index contributed by atoms with van der Waals surface area (Å²) in [4.78, 5) is 4.18. The van der Waals surface area contributed by atoms with Gasteiger partial charge in [0.05, 0.1) is 5.69 Å². The van der Waals surface area contributed by atoms with E-state index in [4.69, 9.17) is 0 Å². The minimum atomic E-state index is 0.830. The number of nitrogens with one attached hydrogen (secondary N) is 1. The summed E-state index contributed by atoms with van der Waals surface area (Å²) < 4.78 is 3.04. The van der Waals surface area contributed by atoms with Crippen molar-refractivity contribution >= 4 is 21.9 Å². The van der Waals surface area contributed by atoms with Crippen LogP contribution in [-0.4, -0.2) is 16.6 Å². The monoisotopic (exact) mass is 251 g/mol. The van der Waals surface area contributed by atoms with Crippen molar-refractivity contribution in [3.05, 3.63) is 41.1 Å². The predicted octanol–water partition coefficient (Wildman–Crippen LogP) is 2.68. The molecule has 1 aromatic heterocycles. The molecule has 1 heterocycles. The Morgan fingerprint density at radius 1 is 1.36 bits per heavy atom. The minimum Gasteiger partial charge on any atom is -0.358 e. The molecule has 2 aromatic rings. The average molecular weight is 252 g/mol. The van der Waals surface area contributed by atoms with Gasteiger partial charge in [0.1, 0.15) is 0 Å². The first-order chi connectivity index (χ1) is 6.83. The van der Waals surface area contributed by atoms with Gasteiger partial charge in [0.15, 0.2) is 0 Å². The van der Waals surface area contributed by atoms with Gasteiger partial charge in [-0.3, -0.25) is 4.57 Å². The zero-order valence-electron chi connectivity index (χ0n) is 7.74. The van der Waals surface area contributed by atoms with Crippen molar-refractivity contribution in [2.75, 3.05) is 12.4 Å². The number of halogens is 1. The van der Waals surface area contributed by atoms with Gasteiger partial charge in [-0.25, -0.2) is 4.98 Å². The van der Waals surface area contributed by atoms with Crippen molar-refractivity contribution in [1.82, 2.24) is 9.55 Å². The Labute approximate surface area is 90.9 Å². The molecule has 0 atom stereocenters. The maximum Gasteiger partial charge on any atom is 0.207 e. The first-order valence-corrected chi connectivity index (χ1v) is 5.08. The van der Waals surface area contributed by atoms with E-state index in [1.54, 1.807) is 6.20 Å². The summed E-state index contributed by atoms with van der Waals surface area (Å²) in [6.07, 6.45) is 3.69. The summed E-state index contributed by atoms with van der Waals surface area (Å²) in [5, 5.41) is 3.03. The molecule has 0 fully saturated rings. The van der Waals surface area contributed by atoms with Crippen LogP contribution in [0, 0.1) is 0 Å². The highest BCUT2D eigenvalue weighted by atomic mass is 79.9. The van der Waals surface area contributed by atoms with Crippen LogP contribution >= 0.6 is 15.9 Å². The summed E-state index contributed by atoms with van der Waals surface area (Å²) >= 11 is 3.50. The number of rotatable bonds is 2. The van der Waals surface area contributed by atoms with Crippen LogP contribution in [0.5, 0.6) is 0 Å².